The maximum atomic E-state index is 6.01. The summed E-state index contributed by atoms with van der Waals surface area (Å²) in [6.45, 7) is 2.14. The highest BCUT2D eigenvalue weighted by Gasteiger charge is 2.14. The Hall–Kier alpha value is -1.84. The summed E-state index contributed by atoms with van der Waals surface area (Å²) in [6.07, 6.45) is 5.57. The van der Waals surface area contributed by atoms with Gasteiger partial charge in [-0.05, 0) is 18.6 Å². The lowest BCUT2D eigenvalue weighted by Gasteiger charge is -2.01. The SMILES string of the molecule is CCCc1c(-c2ccncc2)nn(C)c1N. The number of rotatable bonds is 3. The van der Waals surface area contributed by atoms with E-state index in [0.717, 1.165) is 35.5 Å². The van der Waals surface area contributed by atoms with E-state index in [2.05, 4.69) is 17.0 Å². The molecule has 2 rings (SSSR count). The van der Waals surface area contributed by atoms with E-state index < -0.39 is 0 Å². The number of nitrogens with zero attached hydrogens (tertiary/aromatic N) is 3. The van der Waals surface area contributed by atoms with Gasteiger partial charge >= 0.3 is 0 Å². The number of pyridine rings is 1. The minimum absolute atomic E-state index is 0.758. The topological polar surface area (TPSA) is 56.7 Å². The molecule has 2 aromatic rings. The van der Waals surface area contributed by atoms with Gasteiger partial charge in [0.15, 0.2) is 0 Å². The van der Waals surface area contributed by atoms with Crippen molar-refractivity contribution in [2.75, 3.05) is 5.73 Å². The molecule has 2 heterocycles. The van der Waals surface area contributed by atoms with Gasteiger partial charge in [0, 0.05) is 30.6 Å². The van der Waals surface area contributed by atoms with Crippen LogP contribution in [0.1, 0.15) is 18.9 Å². The van der Waals surface area contributed by atoms with Crippen LogP contribution >= 0.6 is 0 Å². The highest BCUT2D eigenvalue weighted by molar-refractivity contribution is 5.67. The second kappa shape index (κ2) is 4.35. The van der Waals surface area contributed by atoms with Crippen molar-refractivity contribution in [3.05, 3.63) is 30.1 Å². The lowest BCUT2D eigenvalue weighted by molar-refractivity contribution is 0.781. The van der Waals surface area contributed by atoms with E-state index in [1.54, 1.807) is 17.1 Å². The molecule has 0 unspecified atom stereocenters. The number of nitrogen functional groups attached to an aromatic ring is 1. The van der Waals surface area contributed by atoms with Gasteiger partial charge in [0.05, 0.1) is 5.69 Å². The first-order valence-electron chi connectivity index (χ1n) is 5.45. The molecule has 0 saturated carbocycles. The molecule has 0 fully saturated rings. The third kappa shape index (κ3) is 1.78. The zero-order valence-electron chi connectivity index (χ0n) is 9.64. The molecule has 0 atom stereocenters. The van der Waals surface area contributed by atoms with Crippen molar-refractivity contribution >= 4 is 5.82 Å². The van der Waals surface area contributed by atoms with E-state index in [-0.39, 0.29) is 0 Å². The summed E-state index contributed by atoms with van der Waals surface area (Å²) in [5, 5.41) is 4.46. The smallest absolute Gasteiger partial charge is 0.125 e. The molecule has 16 heavy (non-hydrogen) atoms. The van der Waals surface area contributed by atoms with Crippen LogP contribution in [0, 0.1) is 0 Å². The van der Waals surface area contributed by atoms with Gasteiger partial charge in [0.1, 0.15) is 5.82 Å². The first-order chi connectivity index (χ1) is 7.74. The van der Waals surface area contributed by atoms with E-state index in [4.69, 9.17) is 5.73 Å². The van der Waals surface area contributed by atoms with Gasteiger partial charge in [0.25, 0.3) is 0 Å². The molecule has 4 heteroatoms. The van der Waals surface area contributed by atoms with E-state index in [9.17, 15) is 0 Å². The van der Waals surface area contributed by atoms with Gasteiger partial charge in [-0.1, -0.05) is 13.3 Å². The number of anilines is 1. The number of aryl methyl sites for hydroxylation is 1. The van der Waals surface area contributed by atoms with Crippen LogP contribution in [-0.4, -0.2) is 14.8 Å². The number of nitrogens with two attached hydrogens (primary N) is 1. The zero-order chi connectivity index (χ0) is 11.5. The fraction of sp³-hybridized carbons (Fsp3) is 0.333. The number of hydrogen-bond acceptors (Lipinski definition) is 3. The van der Waals surface area contributed by atoms with Crippen LogP contribution in [0.3, 0.4) is 0 Å². The maximum absolute atomic E-state index is 6.01. The van der Waals surface area contributed by atoms with Gasteiger partial charge in [0.2, 0.25) is 0 Å². The Morgan fingerprint density at radius 3 is 2.62 bits per heavy atom. The minimum atomic E-state index is 0.758. The van der Waals surface area contributed by atoms with Crippen molar-refractivity contribution in [3.63, 3.8) is 0 Å². The fourth-order valence-corrected chi connectivity index (χ4v) is 1.82. The summed E-state index contributed by atoms with van der Waals surface area (Å²) in [6, 6.07) is 3.92. The number of aromatic nitrogens is 3. The monoisotopic (exact) mass is 216 g/mol. The van der Waals surface area contributed by atoms with Gasteiger partial charge < -0.3 is 5.73 Å². The fourth-order valence-electron chi connectivity index (χ4n) is 1.82. The lowest BCUT2D eigenvalue weighted by Crippen LogP contribution is -1.99. The van der Waals surface area contributed by atoms with Crippen LogP contribution in [0.2, 0.25) is 0 Å². The summed E-state index contributed by atoms with van der Waals surface area (Å²) in [5.41, 5.74) is 9.20. The average molecular weight is 216 g/mol. The molecule has 4 nitrogen and oxygen atoms in total. The molecule has 0 saturated heterocycles. The van der Waals surface area contributed by atoms with Crippen molar-refractivity contribution in [1.29, 1.82) is 0 Å². The summed E-state index contributed by atoms with van der Waals surface area (Å²) in [7, 11) is 1.87. The Kier molecular flexibility index (Phi) is 2.90. The van der Waals surface area contributed by atoms with E-state index in [1.165, 1.54) is 0 Å². The average Bonchev–Trinajstić information content (AvgIpc) is 2.59. The van der Waals surface area contributed by atoms with E-state index >= 15 is 0 Å². The predicted octanol–water partition coefficient (Wildman–Crippen LogP) is 2.02. The van der Waals surface area contributed by atoms with Gasteiger partial charge in [-0.3, -0.25) is 9.67 Å². The summed E-state index contributed by atoms with van der Waals surface area (Å²) >= 11 is 0. The molecule has 0 bridgehead atoms. The molecule has 84 valence electrons. The van der Waals surface area contributed by atoms with Gasteiger partial charge in [-0.15, -0.1) is 0 Å². The van der Waals surface area contributed by atoms with Crippen molar-refractivity contribution in [2.24, 2.45) is 7.05 Å². The molecule has 0 aliphatic carbocycles. The van der Waals surface area contributed by atoms with Crippen molar-refractivity contribution in [3.8, 4) is 11.3 Å². The summed E-state index contributed by atoms with van der Waals surface area (Å²) < 4.78 is 1.74. The minimum Gasteiger partial charge on any atom is -0.384 e. The zero-order valence-corrected chi connectivity index (χ0v) is 9.64. The molecular weight excluding hydrogens is 200 g/mol. The summed E-state index contributed by atoms with van der Waals surface area (Å²) in [4.78, 5) is 4.01. The third-order valence-electron chi connectivity index (χ3n) is 2.65. The molecule has 0 radical (unpaired) electrons. The molecule has 0 amide bonds. The van der Waals surface area contributed by atoms with Crippen LogP contribution in [0.25, 0.3) is 11.3 Å². The largest absolute Gasteiger partial charge is 0.384 e. The Morgan fingerprint density at radius 2 is 2.00 bits per heavy atom. The Balaban J connectivity index is 2.52. The standard InChI is InChI=1S/C12H16N4/c1-3-4-10-11(15-16(2)12(10)13)9-5-7-14-8-6-9/h5-8H,3-4,13H2,1-2H3. The number of hydrogen-bond donors (Lipinski definition) is 1. The Morgan fingerprint density at radius 1 is 1.31 bits per heavy atom. The quantitative estimate of drug-likeness (QED) is 0.854. The lowest BCUT2D eigenvalue weighted by atomic mass is 10.1. The van der Waals surface area contributed by atoms with Crippen LogP contribution in [-0.2, 0) is 13.5 Å². The molecule has 2 N–H and O–H groups in total. The normalized spacial score (nSPS) is 10.6. The highest BCUT2D eigenvalue weighted by atomic mass is 15.3. The van der Waals surface area contributed by atoms with Crippen molar-refractivity contribution in [2.45, 2.75) is 19.8 Å². The third-order valence-corrected chi connectivity index (χ3v) is 2.65. The van der Waals surface area contributed by atoms with Crippen LogP contribution in [0.4, 0.5) is 5.82 Å². The second-order valence-corrected chi connectivity index (χ2v) is 3.82. The van der Waals surface area contributed by atoms with E-state index in [1.807, 2.05) is 19.2 Å². The van der Waals surface area contributed by atoms with Crippen LogP contribution in [0.5, 0.6) is 0 Å². The first kappa shape index (κ1) is 10.7. The van der Waals surface area contributed by atoms with Crippen molar-refractivity contribution < 1.29 is 0 Å². The molecule has 0 aliphatic rings. The molecule has 0 aliphatic heterocycles. The van der Waals surface area contributed by atoms with Gasteiger partial charge in [-0.25, -0.2) is 0 Å². The van der Waals surface area contributed by atoms with Crippen LogP contribution < -0.4 is 5.73 Å². The Labute approximate surface area is 95.1 Å². The predicted molar refractivity (Wildman–Crippen MR) is 64.8 cm³/mol. The first-order valence-corrected chi connectivity index (χ1v) is 5.45. The highest BCUT2D eigenvalue weighted by Crippen LogP contribution is 2.27. The Bertz CT molecular complexity index is 473. The van der Waals surface area contributed by atoms with Crippen LogP contribution in [0.15, 0.2) is 24.5 Å². The summed E-state index contributed by atoms with van der Waals surface area (Å²) in [5.74, 6) is 0.758. The van der Waals surface area contributed by atoms with Gasteiger partial charge in [-0.2, -0.15) is 5.10 Å². The van der Waals surface area contributed by atoms with E-state index in [0.29, 0.717) is 0 Å². The second-order valence-electron chi connectivity index (χ2n) is 3.82. The molecule has 0 spiro atoms. The molecule has 2 aromatic heterocycles. The molecule has 0 aromatic carbocycles. The molecular formula is C12H16N4. The van der Waals surface area contributed by atoms with Crippen molar-refractivity contribution in [1.82, 2.24) is 14.8 Å². The maximum Gasteiger partial charge on any atom is 0.125 e.